The van der Waals surface area contributed by atoms with Gasteiger partial charge in [0, 0.05) is 6.04 Å². The highest BCUT2D eigenvalue weighted by Gasteiger charge is 2.37. The molecule has 6 nitrogen and oxygen atoms in total. The molecule has 1 aliphatic heterocycles. The molecule has 1 aromatic rings. The Kier molecular flexibility index (Phi) is 4.61. The highest BCUT2D eigenvalue weighted by molar-refractivity contribution is 5.86. The molecule has 130 valence electrons. The highest BCUT2D eigenvalue weighted by Crippen LogP contribution is 2.36. The molecule has 24 heavy (non-hydrogen) atoms. The molecule has 1 fully saturated rings. The van der Waals surface area contributed by atoms with E-state index >= 15 is 0 Å². The van der Waals surface area contributed by atoms with Gasteiger partial charge in [-0.1, -0.05) is 36.5 Å². The quantitative estimate of drug-likeness (QED) is 0.858. The van der Waals surface area contributed by atoms with Crippen LogP contribution in [0.15, 0.2) is 29.4 Å². The first-order valence-corrected chi connectivity index (χ1v) is 7.72. The lowest BCUT2D eigenvalue weighted by Gasteiger charge is -2.28. The van der Waals surface area contributed by atoms with Crippen LogP contribution in [0.4, 0.5) is 18.9 Å². The molecular weight excluding hydrogens is 325 g/mol. The third-order valence-corrected chi connectivity index (χ3v) is 4.15. The summed E-state index contributed by atoms with van der Waals surface area (Å²) in [5.41, 5.74) is 1.27. The smallest absolute Gasteiger partial charge is 0.347 e. The second-order valence-corrected chi connectivity index (χ2v) is 5.71. The Morgan fingerprint density at radius 2 is 1.96 bits per heavy atom. The van der Waals surface area contributed by atoms with Crippen LogP contribution in [0.1, 0.15) is 37.7 Å². The topological polar surface area (TPSA) is 57.2 Å². The first-order chi connectivity index (χ1) is 11.5. The Bertz CT molecular complexity index is 629. The van der Waals surface area contributed by atoms with Crippen molar-refractivity contribution in [2.24, 2.45) is 5.10 Å². The van der Waals surface area contributed by atoms with Crippen LogP contribution in [0.2, 0.25) is 0 Å². The first-order valence-electron chi connectivity index (χ1n) is 7.72. The van der Waals surface area contributed by atoms with Crippen LogP contribution in [0.5, 0.6) is 0 Å². The lowest BCUT2D eigenvalue weighted by Crippen LogP contribution is -2.41. The van der Waals surface area contributed by atoms with Crippen LogP contribution < -0.4 is 10.7 Å². The van der Waals surface area contributed by atoms with E-state index in [4.69, 9.17) is 4.84 Å². The molecule has 9 heteroatoms. The van der Waals surface area contributed by atoms with E-state index in [-0.39, 0.29) is 17.8 Å². The fraction of sp³-hybridized carbons (Fsp3) is 0.467. The third kappa shape index (κ3) is 3.30. The molecule has 0 radical (unpaired) electrons. The number of halogens is 3. The molecule has 0 bridgehead atoms. The number of para-hydroxylation sites is 1. The second kappa shape index (κ2) is 6.68. The van der Waals surface area contributed by atoms with Gasteiger partial charge < -0.3 is 4.84 Å². The summed E-state index contributed by atoms with van der Waals surface area (Å²) >= 11 is 0. The number of carbonyl (C=O) groups excluding carboxylic acids is 1. The van der Waals surface area contributed by atoms with Crippen LogP contribution >= 0.6 is 0 Å². The molecule has 1 N–H and O–H groups in total. The zero-order chi connectivity index (χ0) is 17.2. The number of alkyl halides is 3. The molecule has 1 heterocycles. The fourth-order valence-electron chi connectivity index (χ4n) is 2.96. The molecule has 1 aromatic carbocycles. The largest absolute Gasteiger partial charge is 0.418 e. The number of nitrogens with zero attached hydrogens (tertiary/aromatic N) is 3. The van der Waals surface area contributed by atoms with E-state index in [9.17, 15) is 18.0 Å². The van der Waals surface area contributed by atoms with Crippen LogP contribution in [-0.2, 0) is 15.8 Å². The van der Waals surface area contributed by atoms with Gasteiger partial charge in [-0.3, -0.25) is 9.69 Å². The number of carbonyl (C=O) groups is 1. The summed E-state index contributed by atoms with van der Waals surface area (Å²) in [7, 11) is 0. The van der Waals surface area contributed by atoms with Crippen molar-refractivity contribution in [1.29, 1.82) is 0 Å². The molecule has 1 amide bonds. The van der Waals surface area contributed by atoms with Crippen LogP contribution in [0.3, 0.4) is 0 Å². The number of benzene rings is 1. The first kappa shape index (κ1) is 16.6. The lowest BCUT2D eigenvalue weighted by atomic mass is 9.95. The van der Waals surface area contributed by atoms with E-state index in [0.717, 1.165) is 43.3 Å². The summed E-state index contributed by atoms with van der Waals surface area (Å²) in [6.45, 7) is 0. The number of amidine groups is 1. The van der Waals surface area contributed by atoms with Gasteiger partial charge in [0.05, 0.1) is 11.3 Å². The monoisotopic (exact) mass is 342 g/mol. The molecule has 0 saturated heterocycles. The van der Waals surface area contributed by atoms with E-state index < -0.39 is 11.7 Å². The normalized spacial score (nSPS) is 19.0. The molecule has 0 atom stereocenters. The SMILES string of the molecule is O=CN(C1=NN(c2ccccc2C(F)(F)F)NO1)C1CCCCC1. The second-order valence-electron chi connectivity index (χ2n) is 5.71. The minimum absolute atomic E-state index is 0.0467. The van der Waals surface area contributed by atoms with Gasteiger partial charge >= 0.3 is 12.2 Å². The summed E-state index contributed by atoms with van der Waals surface area (Å²) in [4.78, 5) is 17.9. The van der Waals surface area contributed by atoms with Crippen molar-refractivity contribution in [2.45, 2.75) is 44.3 Å². The summed E-state index contributed by atoms with van der Waals surface area (Å²) in [5, 5.41) is 4.88. The lowest BCUT2D eigenvalue weighted by molar-refractivity contribution is -0.137. The van der Waals surface area contributed by atoms with Crippen molar-refractivity contribution in [3.63, 3.8) is 0 Å². The predicted octanol–water partition coefficient (Wildman–Crippen LogP) is 3.02. The Balaban J connectivity index is 1.84. The van der Waals surface area contributed by atoms with Crippen molar-refractivity contribution in [3.8, 4) is 0 Å². The number of hydrazine groups is 1. The summed E-state index contributed by atoms with van der Waals surface area (Å²) in [6.07, 6.45) is 0.826. The highest BCUT2D eigenvalue weighted by atomic mass is 19.4. The zero-order valence-corrected chi connectivity index (χ0v) is 12.8. The standard InChI is InChI=1S/C15H17F3N4O2/c16-15(17,18)12-8-4-5-9-13(12)22-19-14(24-20-22)21(10-23)11-6-2-1-3-7-11/h4-5,8-11,20H,1-3,6-7H2. The Morgan fingerprint density at radius 3 is 2.62 bits per heavy atom. The van der Waals surface area contributed by atoms with E-state index in [1.807, 2.05) is 0 Å². The molecule has 0 aromatic heterocycles. The Hall–Kier alpha value is -2.29. The summed E-state index contributed by atoms with van der Waals surface area (Å²) in [5.74, 6) is 0. The van der Waals surface area contributed by atoms with Crippen LogP contribution in [-0.4, -0.2) is 23.4 Å². The van der Waals surface area contributed by atoms with Gasteiger partial charge in [0.2, 0.25) is 6.41 Å². The van der Waals surface area contributed by atoms with E-state index in [2.05, 4.69) is 10.7 Å². The van der Waals surface area contributed by atoms with Crippen molar-refractivity contribution in [3.05, 3.63) is 29.8 Å². The van der Waals surface area contributed by atoms with Crippen LogP contribution in [0, 0.1) is 0 Å². The van der Waals surface area contributed by atoms with Gasteiger partial charge in [-0.15, -0.1) is 0 Å². The predicted molar refractivity (Wildman–Crippen MR) is 80.4 cm³/mol. The summed E-state index contributed by atoms with van der Waals surface area (Å²) < 4.78 is 39.3. The Morgan fingerprint density at radius 1 is 1.25 bits per heavy atom. The fourth-order valence-corrected chi connectivity index (χ4v) is 2.96. The minimum Gasteiger partial charge on any atom is -0.347 e. The van der Waals surface area contributed by atoms with Crippen LogP contribution in [0.25, 0.3) is 0 Å². The Labute approximate surface area is 136 Å². The number of hydrogen-bond donors (Lipinski definition) is 1. The van der Waals surface area contributed by atoms with Gasteiger partial charge in [0.1, 0.15) is 0 Å². The van der Waals surface area contributed by atoms with Crippen molar-refractivity contribution >= 4 is 18.1 Å². The summed E-state index contributed by atoms with van der Waals surface area (Å²) in [6, 6.07) is 4.91. The maximum Gasteiger partial charge on any atom is 0.418 e. The minimum atomic E-state index is -4.52. The van der Waals surface area contributed by atoms with Gasteiger partial charge in [-0.2, -0.15) is 18.3 Å². The van der Waals surface area contributed by atoms with E-state index in [1.54, 1.807) is 0 Å². The molecule has 2 aliphatic rings. The zero-order valence-electron chi connectivity index (χ0n) is 12.8. The van der Waals surface area contributed by atoms with Crippen molar-refractivity contribution in [2.75, 3.05) is 5.12 Å². The van der Waals surface area contributed by atoms with Gasteiger partial charge in [-0.05, 0) is 30.6 Å². The van der Waals surface area contributed by atoms with Gasteiger partial charge in [0.25, 0.3) is 0 Å². The van der Waals surface area contributed by atoms with E-state index in [0.29, 0.717) is 6.41 Å². The van der Waals surface area contributed by atoms with E-state index in [1.165, 1.54) is 23.1 Å². The number of nitrogens with one attached hydrogen (secondary N) is 1. The number of hydrogen-bond acceptors (Lipinski definition) is 5. The molecule has 3 rings (SSSR count). The number of anilines is 1. The number of rotatable bonds is 3. The maximum absolute atomic E-state index is 13.1. The number of amides is 1. The average molecular weight is 342 g/mol. The molecule has 0 unspecified atom stereocenters. The maximum atomic E-state index is 13.1. The molecule has 0 spiro atoms. The van der Waals surface area contributed by atoms with Crippen molar-refractivity contribution in [1.82, 2.24) is 10.5 Å². The average Bonchev–Trinajstić information content (AvgIpc) is 3.05. The molecule has 1 saturated carbocycles. The third-order valence-electron chi connectivity index (χ3n) is 4.15. The van der Waals surface area contributed by atoms with Gasteiger partial charge in [-0.25, -0.2) is 0 Å². The van der Waals surface area contributed by atoms with Crippen molar-refractivity contribution < 1.29 is 22.8 Å². The van der Waals surface area contributed by atoms with Gasteiger partial charge in [0.15, 0.2) is 0 Å². The number of hydrazone groups is 1. The molecule has 1 aliphatic carbocycles. The molecular formula is C15H17F3N4O2.